The first-order chi connectivity index (χ1) is 14.5. The number of fused-ring (bicyclic) bond motifs is 1. The molecular formula is C22H21N5O3. The summed E-state index contributed by atoms with van der Waals surface area (Å²) in [6.07, 6.45) is 4.54. The number of hydrogen-bond donors (Lipinski definition) is 2. The fourth-order valence-electron chi connectivity index (χ4n) is 3.59. The number of rotatable bonds is 6. The molecule has 0 fully saturated rings. The van der Waals surface area contributed by atoms with Crippen molar-refractivity contribution >= 4 is 5.97 Å². The molecule has 1 aromatic carbocycles. The first-order valence-electron chi connectivity index (χ1n) is 9.57. The Hall–Kier alpha value is -3.54. The maximum Gasteiger partial charge on any atom is 0.338 e. The lowest BCUT2D eigenvalue weighted by Crippen LogP contribution is -2.21. The SMILES string of the molecule is Cc1cc(-n2cc(CNCC(O)c3ccc4c(c3C)COC4=O)cn2)cnc1C#N. The fourth-order valence-corrected chi connectivity index (χ4v) is 3.59. The highest BCUT2D eigenvalue weighted by atomic mass is 16.5. The first kappa shape index (κ1) is 19.8. The van der Waals surface area contributed by atoms with Crippen LogP contribution in [0.4, 0.5) is 0 Å². The number of cyclic esters (lactones) is 1. The van der Waals surface area contributed by atoms with Crippen LogP contribution < -0.4 is 5.32 Å². The average Bonchev–Trinajstić information content (AvgIpc) is 3.36. The molecule has 0 amide bonds. The van der Waals surface area contributed by atoms with E-state index < -0.39 is 6.10 Å². The molecule has 0 spiro atoms. The molecule has 0 bridgehead atoms. The van der Waals surface area contributed by atoms with Crippen molar-refractivity contribution in [2.45, 2.75) is 33.1 Å². The Morgan fingerprint density at radius 1 is 1.37 bits per heavy atom. The molecule has 0 radical (unpaired) electrons. The summed E-state index contributed by atoms with van der Waals surface area (Å²) in [5.74, 6) is -0.308. The zero-order valence-electron chi connectivity index (χ0n) is 16.7. The van der Waals surface area contributed by atoms with Crippen molar-refractivity contribution < 1.29 is 14.6 Å². The number of nitriles is 1. The summed E-state index contributed by atoms with van der Waals surface area (Å²) in [5.41, 5.74) is 6.04. The molecule has 1 unspecified atom stereocenters. The van der Waals surface area contributed by atoms with Crippen LogP contribution in [0.5, 0.6) is 0 Å². The van der Waals surface area contributed by atoms with E-state index in [4.69, 9.17) is 10.00 Å². The van der Waals surface area contributed by atoms with Gasteiger partial charge in [0.25, 0.3) is 0 Å². The topological polar surface area (TPSA) is 113 Å². The second-order valence-electron chi connectivity index (χ2n) is 7.29. The summed E-state index contributed by atoms with van der Waals surface area (Å²) < 4.78 is 6.78. The molecular weight excluding hydrogens is 382 g/mol. The van der Waals surface area contributed by atoms with Gasteiger partial charge < -0.3 is 15.2 Å². The van der Waals surface area contributed by atoms with Gasteiger partial charge in [0.15, 0.2) is 0 Å². The number of nitrogens with one attached hydrogen (secondary N) is 1. The van der Waals surface area contributed by atoms with E-state index in [0.717, 1.165) is 33.5 Å². The van der Waals surface area contributed by atoms with Crippen molar-refractivity contribution in [2.75, 3.05) is 6.54 Å². The van der Waals surface area contributed by atoms with Crippen molar-refractivity contribution in [3.05, 3.63) is 75.9 Å². The van der Waals surface area contributed by atoms with E-state index in [1.807, 2.05) is 26.1 Å². The number of pyridine rings is 1. The Morgan fingerprint density at radius 3 is 2.97 bits per heavy atom. The molecule has 3 aromatic rings. The Bertz CT molecular complexity index is 1160. The van der Waals surface area contributed by atoms with Gasteiger partial charge in [-0.25, -0.2) is 14.5 Å². The third kappa shape index (κ3) is 3.68. The zero-order valence-corrected chi connectivity index (χ0v) is 16.7. The van der Waals surface area contributed by atoms with Gasteiger partial charge in [0.1, 0.15) is 18.4 Å². The molecule has 4 rings (SSSR count). The Morgan fingerprint density at radius 2 is 2.20 bits per heavy atom. The van der Waals surface area contributed by atoms with Gasteiger partial charge in [0, 0.05) is 30.4 Å². The number of carbonyl (C=O) groups is 1. The summed E-state index contributed by atoms with van der Waals surface area (Å²) in [7, 11) is 0. The largest absolute Gasteiger partial charge is 0.457 e. The highest BCUT2D eigenvalue weighted by molar-refractivity contribution is 5.93. The minimum atomic E-state index is -0.702. The number of aliphatic hydroxyl groups excluding tert-OH is 1. The Kier molecular flexibility index (Phi) is 5.31. The number of aliphatic hydroxyl groups is 1. The summed E-state index contributed by atoms with van der Waals surface area (Å²) in [6.45, 7) is 4.89. The molecule has 0 saturated carbocycles. The molecule has 1 atom stereocenters. The van der Waals surface area contributed by atoms with Crippen molar-refractivity contribution in [3.63, 3.8) is 0 Å². The molecule has 0 aliphatic carbocycles. The predicted molar refractivity (Wildman–Crippen MR) is 108 cm³/mol. The van der Waals surface area contributed by atoms with Crippen LogP contribution in [-0.4, -0.2) is 32.4 Å². The smallest absolute Gasteiger partial charge is 0.338 e. The Labute approximate surface area is 173 Å². The maximum absolute atomic E-state index is 11.7. The minimum Gasteiger partial charge on any atom is -0.457 e. The van der Waals surface area contributed by atoms with Crippen LogP contribution in [0, 0.1) is 25.2 Å². The van der Waals surface area contributed by atoms with E-state index in [2.05, 4.69) is 21.5 Å². The van der Waals surface area contributed by atoms with Crippen molar-refractivity contribution in [3.8, 4) is 11.8 Å². The molecule has 152 valence electrons. The van der Waals surface area contributed by atoms with Crippen molar-refractivity contribution in [1.82, 2.24) is 20.1 Å². The molecule has 1 aliphatic rings. The number of hydrogen-bond acceptors (Lipinski definition) is 7. The third-order valence-corrected chi connectivity index (χ3v) is 5.30. The highest BCUT2D eigenvalue weighted by Crippen LogP contribution is 2.28. The van der Waals surface area contributed by atoms with Crippen LogP contribution in [0.3, 0.4) is 0 Å². The van der Waals surface area contributed by atoms with E-state index in [1.165, 1.54) is 0 Å². The quantitative estimate of drug-likeness (QED) is 0.607. The molecule has 3 heterocycles. The van der Waals surface area contributed by atoms with Gasteiger partial charge >= 0.3 is 5.97 Å². The second kappa shape index (κ2) is 8.06. The van der Waals surface area contributed by atoms with Gasteiger partial charge in [-0.2, -0.15) is 10.4 Å². The summed E-state index contributed by atoms with van der Waals surface area (Å²) in [6, 6.07) is 7.42. The molecule has 8 nitrogen and oxygen atoms in total. The molecule has 0 saturated heterocycles. The average molecular weight is 403 g/mol. The van der Waals surface area contributed by atoms with Crippen LogP contribution in [0.1, 0.15) is 50.0 Å². The van der Waals surface area contributed by atoms with Crippen LogP contribution in [-0.2, 0) is 17.9 Å². The van der Waals surface area contributed by atoms with E-state index >= 15 is 0 Å². The van der Waals surface area contributed by atoms with Crippen LogP contribution in [0.25, 0.3) is 5.69 Å². The molecule has 30 heavy (non-hydrogen) atoms. The normalized spacial score (nSPS) is 13.6. The van der Waals surface area contributed by atoms with E-state index in [-0.39, 0.29) is 12.6 Å². The predicted octanol–water partition coefficient (Wildman–Crippen LogP) is 2.25. The summed E-state index contributed by atoms with van der Waals surface area (Å²) in [4.78, 5) is 15.8. The monoisotopic (exact) mass is 403 g/mol. The summed E-state index contributed by atoms with van der Waals surface area (Å²) in [5, 5.41) is 27.2. The summed E-state index contributed by atoms with van der Waals surface area (Å²) >= 11 is 0. The van der Waals surface area contributed by atoms with Gasteiger partial charge in [0.05, 0.1) is 29.7 Å². The molecule has 8 heteroatoms. The first-order valence-corrected chi connectivity index (χ1v) is 9.57. The lowest BCUT2D eigenvalue weighted by atomic mass is 9.95. The van der Waals surface area contributed by atoms with E-state index in [0.29, 0.717) is 24.3 Å². The molecule has 2 aromatic heterocycles. The van der Waals surface area contributed by atoms with E-state index in [1.54, 1.807) is 29.2 Å². The second-order valence-corrected chi connectivity index (χ2v) is 7.29. The minimum absolute atomic E-state index is 0.261. The Balaban J connectivity index is 1.38. The third-order valence-electron chi connectivity index (χ3n) is 5.30. The van der Waals surface area contributed by atoms with Crippen LogP contribution in [0.15, 0.2) is 36.8 Å². The van der Waals surface area contributed by atoms with Crippen molar-refractivity contribution in [1.29, 1.82) is 5.26 Å². The highest BCUT2D eigenvalue weighted by Gasteiger charge is 2.25. The zero-order chi connectivity index (χ0) is 21.3. The number of aryl methyl sites for hydroxylation is 1. The lowest BCUT2D eigenvalue weighted by molar-refractivity contribution is 0.0535. The van der Waals surface area contributed by atoms with Crippen molar-refractivity contribution in [2.24, 2.45) is 0 Å². The maximum atomic E-state index is 11.7. The number of carbonyl (C=O) groups excluding carboxylic acids is 1. The van der Waals surface area contributed by atoms with Crippen LogP contribution in [0.2, 0.25) is 0 Å². The van der Waals surface area contributed by atoms with Gasteiger partial charge in [0.2, 0.25) is 0 Å². The number of ether oxygens (including phenoxy) is 1. The number of benzene rings is 1. The lowest BCUT2D eigenvalue weighted by Gasteiger charge is -2.16. The van der Waals surface area contributed by atoms with Gasteiger partial charge in [-0.1, -0.05) is 6.07 Å². The van der Waals surface area contributed by atoms with Crippen LogP contribution >= 0.6 is 0 Å². The number of nitrogens with zero attached hydrogens (tertiary/aromatic N) is 4. The fraction of sp³-hybridized carbons (Fsp3) is 0.273. The molecule has 2 N–H and O–H groups in total. The molecule has 1 aliphatic heterocycles. The van der Waals surface area contributed by atoms with Gasteiger partial charge in [-0.3, -0.25) is 0 Å². The number of aromatic nitrogens is 3. The number of esters is 1. The van der Waals surface area contributed by atoms with Gasteiger partial charge in [-0.15, -0.1) is 0 Å². The van der Waals surface area contributed by atoms with E-state index in [9.17, 15) is 9.90 Å². The standard InChI is InChI=1S/C22H21N5O3/c1-13-5-16(9-25-20(13)6-23)27-11-15(8-26-27)7-24-10-21(28)17-3-4-18-19(14(17)2)12-30-22(18)29/h3-5,8-9,11,21,24,28H,7,10,12H2,1-2H3. The van der Waals surface area contributed by atoms with Gasteiger partial charge in [-0.05, 0) is 42.7 Å².